The number of nitro benzene ring substituents is 3. The summed E-state index contributed by atoms with van der Waals surface area (Å²) >= 11 is 6.17. The monoisotopic (exact) mass is 2220 g/mol. The first-order valence-corrected chi connectivity index (χ1v) is 44.2. The number of pyridine rings is 5. The molecule has 2 saturated heterocycles. The Bertz CT molecular complexity index is 7040. The average Bonchev–Trinajstić information content (AvgIpc) is 0.543. The predicted molar refractivity (Wildman–Crippen MR) is 517 cm³/mol. The number of phenols is 1. The Kier molecular flexibility index (Phi) is 41.5. The van der Waals surface area contributed by atoms with Crippen LogP contribution in [0.25, 0.3) is 54.5 Å². The van der Waals surface area contributed by atoms with Crippen molar-refractivity contribution in [1.82, 2.24) is 34.7 Å². The molecule has 0 spiro atoms. The van der Waals surface area contributed by atoms with Crippen LogP contribution in [0.5, 0.6) is 132 Å². The molecule has 2 fully saturated rings. The van der Waals surface area contributed by atoms with Crippen molar-refractivity contribution >= 4 is 129 Å². The maximum Gasteiger partial charge on any atom is 1.00 e. The minimum absolute atomic E-state index is 0. The molecule has 3 N–H and O–H groups in total. The third kappa shape index (κ3) is 27.2. The van der Waals surface area contributed by atoms with Crippen LogP contribution in [-0.4, -0.2) is 220 Å². The SMILES string of the molecule is Br.Br.COc1cc2nccc(Cl)c2c2c1OCCO2.COc1cc2nccc(Oc3ccc([N+](=O)[O-])cc3F)c2c2c1OCCO2.Nc1ccc(Oc2ccnc3cc(OCCCN4CCOCC4)c4c(c23)OCCO4)c(F)c1.O=CO[O-].O=[N+]([O-])c1ccc(Oc2ccnc3cc(O)c4c(c23)OCCO4)c(F)c1.O=[N+]([O-])c1ccc(Oc2ccnc3cc(OCCCN4CCOCC4)c4c(c23)OCCO4)c(F)c1.[H-].[K+].[K+]. The molecule has 9 aromatic carbocycles. The number of fused-ring (bicyclic) bond motifs is 15. The number of aromatic nitrogens is 5. The first-order valence-electron chi connectivity index (χ1n) is 43.8. The number of carbonyl (C=O) groups is 1. The predicted octanol–water partition coefficient (Wildman–Crippen LogP) is 11.4. The number of aromatic hydroxyl groups is 1. The number of benzene rings is 9. The summed E-state index contributed by atoms with van der Waals surface area (Å²) in [7, 11) is 3.09. The Morgan fingerprint density at radius 3 is 0.973 bits per heavy atom. The molecule has 758 valence electrons. The van der Waals surface area contributed by atoms with Gasteiger partial charge in [-0.3, -0.25) is 69.9 Å². The first-order chi connectivity index (χ1) is 69.1. The zero-order valence-electron chi connectivity index (χ0n) is 79.2. The number of halogens is 7. The second-order valence-electron chi connectivity index (χ2n) is 30.8. The van der Waals surface area contributed by atoms with Gasteiger partial charge in [0.05, 0.1) is 146 Å². The summed E-state index contributed by atoms with van der Waals surface area (Å²) in [5.74, 6) is 3.89. The minimum atomic E-state index is -0.881. The molecule has 146 heavy (non-hydrogen) atoms. The fraction of sp³-hybridized carbons (Fsp3) is 0.271. The number of non-ortho nitro benzene ring substituents is 3. The zero-order chi connectivity index (χ0) is 99.3. The Morgan fingerprint density at radius 1 is 0.384 bits per heavy atom. The molecule has 0 amide bonds. The Balaban J connectivity index is 0.000000174. The number of rotatable bonds is 24. The van der Waals surface area contributed by atoms with Crippen LogP contribution < -0.4 is 199 Å². The molecule has 0 bridgehead atoms. The van der Waals surface area contributed by atoms with Gasteiger partial charge in [-0.1, -0.05) is 11.6 Å². The minimum Gasteiger partial charge on any atom is -1.00 e. The summed E-state index contributed by atoms with van der Waals surface area (Å²) in [5.41, 5.74) is 7.61. The van der Waals surface area contributed by atoms with Crippen LogP contribution in [-0.2, 0) is 19.2 Å². The van der Waals surface area contributed by atoms with Crippen LogP contribution in [0.15, 0.2) is 164 Å². The second kappa shape index (κ2) is 53.9. The Hall–Kier alpha value is -12.3. The summed E-state index contributed by atoms with van der Waals surface area (Å²) in [6.07, 6.45) is 9.42. The smallest absolute Gasteiger partial charge is 1.00 e. The van der Waals surface area contributed by atoms with E-state index in [4.69, 9.17) is 122 Å². The van der Waals surface area contributed by atoms with E-state index in [-0.39, 0.29) is 232 Å². The van der Waals surface area contributed by atoms with Crippen molar-refractivity contribution in [3.8, 4) is 132 Å². The van der Waals surface area contributed by atoms with E-state index < -0.39 is 38.0 Å². The van der Waals surface area contributed by atoms with Gasteiger partial charge in [-0.2, -0.15) is 0 Å². The summed E-state index contributed by atoms with van der Waals surface area (Å²) in [4.78, 5) is 67.9. The third-order valence-electron chi connectivity index (χ3n) is 21.9. The van der Waals surface area contributed by atoms with Crippen molar-refractivity contribution in [1.29, 1.82) is 0 Å². The Morgan fingerprint density at radius 2 is 0.658 bits per heavy atom. The van der Waals surface area contributed by atoms with E-state index in [1.165, 1.54) is 80.3 Å². The number of phenolic OH excluding ortho intramolecular Hbond substituents is 1. The van der Waals surface area contributed by atoms with E-state index in [1.807, 2.05) is 6.07 Å². The molecular weight excluding hydrogens is 2140 g/mol. The molecule has 12 heterocycles. The van der Waals surface area contributed by atoms with Crippen LogP contribution in [0.1, 0.15) is 14.3 Å². The summed E-state index contributed by atoms with van der Waals surface area (Å²) in [6, 6.07) is 30.2. The van der Waals surface area contributed by atoms with E-state index in [2.05, 4.69) is 39.6 Å². The van der Waals surface area contributed by atoms with Crippen LogP contribution in [0.4, 0.5) is 40.3 Å². The van der Waals surface area contributed by atoms with Gasteiger partial charge in [0, 0.05) is 131 Å². The molecule has 0 saturated carbocycles. The molecule has 7 aliphatic heterocycles. The number of ether oxygens (including phenoxy) is 20. The zero-order valence-corrected chi connectivity index (χ0v) is 88.6. The Labute approximate surface area is 938 Å². The largest absolute Gasteiger partial charge is 1.00 e. The van der Waals surface area contributed by atoms with Gasteiger partial charge >= 0.3 is 103 Å². The van der Waals surface area contributed by atoms with Gasteiger partial charge in [0.15, 0.2) is 104 Å². The van der Waals surface area contributed by atoms with E-state index in [0.29, 0.717) is 195 Å². The molecule has 14 aromatic rings. The third-order valence-corrected chi connectivity index (χ3v) is 22.2. The number of methoxy groups -OCH3 is 2. The number of nitrogens with zero attached hydrogens (tertiary/aromatic N) is 10. The van der Waals surface area contributed by atoms with Crippen LogP contribution in [0.3, 0.4) is 0 Å². The second-order valence-corrected chi connectivity index (χ2v) is 31.2. The standard InChI is InChI=1S/C24H24FN3O7.C24H26FN3O5.C18H13FN2O6.C17H11FN2O6.C12H10ClNO3.CH2O3.2BrH.2K.H/c25-17-14-16(28(29)30)2-3-19(17)35-20-4-5-26-18-15-21(23-24(22(18)20)34-13-12-33-23)32-9-1-6-27-7-10-31-11-8-27;25-17-14-16(26)2-3-19(17)33-20-4-5-27-18-15-21(23-24(22(18)20)32-13-12-31-23)30-9-1-6-28-7-10-29-11-8-28;1-24-15-9-12-16(18-17(15)25-6-7-26-18)14(4-5-20-12)27-13-3-2-10(21(22)23)8-11(13)19;18-10-7-9(20(22)23)1-2-13(10)26-14-3-4-19-11-8-12(21)16-17(15(11)14)25-6-5-24-16;1-15-9-6-8-10(7(13)2-3-14-8)12-11(9)16-4-5-17-12;2-1-4-3;;;;;/h2-5,14-15H,1,6-13H2;2-5,14-15H,1,6-13,26H2;2-5,8-9H,6-7H2,1H3;1-4,7-8,21H,5-6H2;2-3,6H,4-5H2,1H3;1,3H;2*1H;;;/q;;;;;;;;2*+1;-1/p-1. The average molecular weight is 2230 g/mol. The fourth-order valence-corrected chi connectivity index (χ4v) is 15.7. The summed E-state index contributed by atoms with van der Waals surface area (Å²) < 4.78 is 171. The number of nitro groups is 3. The van der Waals surface area contributed by atoms with Crippen molar-refractivity contribution in [3.05, 3.63) is 223 Å². The summed E-state index contributed by atoms with van der Waals surface area (Å²) in [6.45, 7) is 13.2. The van der Waals surface area contributed by atoms with Gasteiger partial charge in [0.1, 0.15) is 89.1 Å². The van der Waals surface area contributed by atoms with Crippen LogP contribution in [0.2, 0.25) is 5.02 Å². The van der Waals surface area contributed by atoms with Crippen molar-refractivity contribution in [2.24, 2.45) is 0 Å². The number of hydrogen-bond donors (Lipinski definition) is 2. The molecule has 50 heteroatoms. The van der Waals surface area contributed by atoms with Crippen molar-refractivity contribution in [2.45, 2.75) is 12.8 Å². The molecule has 21 rings (SSSR count). The van der Waals surface area contributed by atoms with Gasteiger partial charge in [0.25, 0.3) is 23.5 Å². The van der Waals surface area contributed by atoms with Crippen molar-refractivity contribution in [3.63, 3.8) is 0 Å². The van der Waals surface area contributed by atoms with Gasteiger partial charge in [-0.25, -0.2) is 17.6 Å². The molecule has 0 radical (unpaired) electrons. The topological polar surface area (TPSA) is 481 Å². The maximum atomic E-state index is 14.5. The van der Waals surface area contributed by atoms with Crippen molar-refractivity contribution in [2.75, 3.05) is 165 Å². The van der Waals surface area contributed by atoms with E-state index in [0.717, 1.165) is 114 Å². The van der Waals surface area contributed by atoms with Gasteiger partial charge < -0.3 is 117 Å². The molecule has 41 nitrogen and oxygen atoms in total. The molecule has 7 aliphatic rings. The van der Waals surface area contributed by atoms with E-state index in [1.54, 1.807) is 68.0 Å². The van der Waals surface area contributed by atoms with E-state index >= 15 is 0 Å². The van der Waals surface area contributed by atoms with Gasteiger partial charge in [-0.15, -0.1) is 34.0 Å². The number of nitrogens with two attached hydrogens (primary N) is 1. The quantitative estimate of drug-likeness (QED) is 0.00829. The molecule has 0 atom stereocenters. The van der Waals surface area contributed by atoms with E-state index in [9.17, 15) is 53.0 Å². The number of nitrogen functional groups attached to an aromatic ring is 1. The molecule has 0 aliphatic carbocycles. The van der Waals surface area contributed by atoms with Crippen LogP contribution in [0, 0.1) is 53.6 Å². The molecule has 5 aromatic heterocycles. The normalized spacial score (nSPS) is 13.8. The molecular formula is C96H88Br2ClF4K2N11O30. The number of morpholine rings is 2. The summed E-state index contributed by atoms with van der Waals surface area (Å²) in [5, 5.41) is 54.2. The maximum absolute atomic E-state index is 14.5. The van der Waals surface area contributed by atoms with Crippen LogP contribution >= 0.6 is 45.6 Å². The van der Waals surface area contributed by atoms with Crippen molar-refractivity contribution < 1.29 is 251 Å². The molecule has 0 unspecified atom stereocenters. The van der Waals surface area contributed by atoms with Gasteiger partial charge in [-0.05, 0) is 73.5 Å². The first kappa shape index (κ1) is 112. The number of anilines is 1. The number of hydrogen-bond acceptors (Lipinski definition) is 38. The fourth-order valence-electron chi connectivity index (χ4n) is 15.5. The number of carbonyl (C=O) groups excluding carboxylic acids is 1. The van der Waals surface area contributed by atoms with Gasteiger partial charge in [0.2, 0.25) is 28.7 Å².